The normalized spacial score (nSPS) is 12.1. The van der Waals surface area contributed by atoms with Gasteiger partial charge in [0.2, 0.25) is 0 Å². The molecule has 1 aromatic rings. The Morgan fingerprint density at radius 3 is 2.47 bits per heavy atom. The Labute approximate surface area is 112 Å². The van der Waals surface area contributed by atoms with E-state index in [0.29, 0.717) is 5.56 Å². The first-order valence-electron chi connectivity index (χ1n) is 5.24. The molecule has 9 heteroatoms. The fourth-order valence-electron chi connectivity index (χ4n) is 1.32. The number of thioether (sulfide) groups is 1. The SMILES string of the molecule is O=[N+]([O-])c1ccc(CSCC(O)CO)c([N+](=O)[O-])c1. The van der Waals surface area contributed by atoms with Gasteiger partial charge in [0.05, 0.1) is 28.6 Å². The fraction of sp³-hybridized carbons (Fsp3) is 0.400. The minimum atomic E-state index is -0.887. The average molecular weight is 288 g/mol. The summed E-state index contributed by atoms with van der Waals surface area (Å²) in [5.74, 6) is 0.454. The van der Waals surface area contributed by atoms with Crippen LogP contribution in [0.3, 0.4) is 0 Å². The predicted octanol–water partition coefficient (Wildman–Crippen LogP) is 1.09. The molecular weight excluding hydrogens is 276 g/mol. The van der Waals surface area contributed by atoms with Crippen molar-refractivity contribution in [3.63, 3.8) is 0 Å². The van der Waals surface area contributed by atoms with Gasteiger partial charge in [0.1, 0.15) is 0 Å². The summed E-state index contributed by atoms with van der Waals surface area (Å²) in [6, 6.07) is 3.44. The number of non-ortho nitro benzene ring substituents is 1. The van der Waals surface area contributed by atoms with Crippen LogP contribution in [-0.2, 0) is 5.75 Å². The number of aliphatic hydroxyl groups excluding tert-OH is 2. The lowest BCUT2D eigenvalue weighted by Crippen LogP contribution is -2.14. The van der Waals surface area contributed by atoms with Gasteiger partial charge in [0, 0.05) is 23.1 Å². The number of hydrogen-bond acceptors (Lipinski definition) is 7. The number of rotatable bonds is 7. The largest absolute Gasteiger partial charge is 0.394 e. The van der Waals surface area contributed by atoms with Crippen molar-refractivity contribution < 1.29 is 20.1 Å². The highest BCUT2D eigenvalue weighted by molar-refractivity contribution is 7.98. The molecule has 1 rings (SSSR count). The molecule has 104 valence electrons. The van der Waals surface area contributed by atoms with Crippen LogP contribution in [-0.4, -0.2) is 38.5 Å². The van der Waals surface area contributed by atoms with Crippen molar-refractivity contribution in [2.75, 3.05) is 12.4 Å². The van der Waals surface area contributed by atoms with Crippen LogP contribution in [0.2, 0.25) is 0 Å². The number of hydrogen-bond donors (Lipinski definition) is 2. The van der Waals surface area contributed by atoms with E-state index in [-0.39, 0.29) is 29.5 Å². The summed E-state index contributed by atoms with van der Waals surface area (Å²) in [6.45, 7) is -0.380. The Bertz CT molecular complexity index is 481. The lowest BCUT2D eigenvalue weighted by molar-refractivity contribution is -0.394. The van der Waals surface area contributed by atoms with Crippen molar-refractivity contribution >= 4 is 23.1 Å². The highest BCUT2D eigenvalue weighted by Gasteiger charge is 2.19. The Balaban J connectivity index is 2.82. The van der Waals surface area contributed by atoms with Crippen LogP contribution in [0.4, 0.5) is 11.4 Å². The van der Waals surface area contributed by atoms with E-state index in [9.17, 15) is 20.2 Å². The summed E-state index contributed by atoms with van der Waals surface area (Å²) >= 11 is 1.20. The van der Waals surface area contributed by atoms with Crippen LogP contribution >= 0.6 is 11.8 Å². The molecule has 0 aliphatic heterocycles. The minimum absolute atomic E-state index is 0.227. The first kappa shape index (κ1) is 15.3. The molecule has 2 N–H and O–H groups in total. The third kappa shape index (κ3) is 4.47. The third-order valence-electron chi connectivity index (χ3n) is 2.25. The van der Waals surface area contributed by atoms with E-state index in [0.717, 1.165) is 6.07 Å². The molecule has 0 saturated carbocycles. The van der Waals surface area contributed by atoms with E-state index < -0.39 is 16.0 Å². The molecule has 0 radical (unpaired) electrons. The Morgan fingerprint density at radius 2 is 1.95 bits per heavy atom. The van der Waals surface area contributed by atoms with E-state index >= 15 is 0 Å². The van der Waals surface area contributed by atoms with Gasteiger partial charge in [-0.15, -0.1) is 0 Å². The molecule has 0 amide bonds. The zero-order valence-electron chi connectivity index (χ0n) is 9.76. The van der Waals surface area contributed by atoms with Gasteiger partial charge in [-0.05, 0) is 6.07 Å². The number of aliphatic hydroxyl groups is 2. The van der Waals surface area contributed by atoms with E-state index in [4.69, 9.17) is 10.2 Å². The molecule has 0 aliphatic carbocycles. The zero-order chi connectivity index (χ0) is 14.4. The van der Waals surface area contributed by atoms with E-state index in [1.54, 1.807) is 0 Å². The van der Waals surface area contributed by atoms with Crippen molar-refractivity contribution in [1.82, 2.24) is 0 Å². The topological polar surface area (TPSA) is 127 Å². The molecule has 0 aliphatic rings. The Hall–Kier alpha value is -1.71. The minimum Gasteiger partial charge on any atom is -0.394 e. The van der Waals surface area contributed by atoms with Gasteiger partial charge < -0.3 is 10.2 Å². The predicted molar refractivity (Wildman–Crippen MR) is 69.0 cm³/mol. The molecular formula is C10H12N2O6S. The van der Waals surface area contributed by atoms with Gasteiger partial charge in [0.25, 0.3) is 11.4 Å². The lowest BCUT2D eigenvalue weighted by atomic mass is 10.2. The molecule has 1 atom stereocenters. The van der Waals surface area contributed by atoms with Crippen molar-refractivity contribution in [3.05, 3.63) is 44.0 Å². The molecule has 0 aromatic heterocycles. The Kier molecular flexibility index (Phi) is 5.67. The van der Waals surface area contributed by atoms with E-state index in [1.807, 2.05) is 0 Å². The van der Waals surface area contributed by atoms with Crippen LogP contribution in [0, 0.1) is 20.2 Å². The summed E-state index contributed by atoms with van der Waals surface area (Å²) in [6.07, 6.45) is -0.887. The maximum atomic E-state index is 10.8. The van der Waals surface area contributed by atoms with Gasteiger partial charge in [-0.2, -0.15) is 11.8 Å². The van der Waals surface area contributed by atoms with Gasteiger partial charge in [-0.3, -0.25) is 20.2 Å². The molecule has 0 saturated heterocycles. The molecule has 0 spiro atoms. The number of nitrogens with zero attached hydrogens (tertiary/aromatic N) is 2. The maximum absolute atomic E-state index is 10.8. The first-order valence-corrected chi connectivity index (χ1v) is 6.39. The number of benzene rings is 1. The summed E-state index contributed by atoms with van der Waals surface area (Å²) < 4.78 is 0. The molecule has 19 heavy (non-hydrogen) atoms. The monoisotopic (exact) mass is 288 g/mol. The van der Waals surface area contributed by atoms with Crippen molar-refractivity contribution in [1.29, 1.82) is 0 Å². The van der Waals surface area contributed by atoms with Gasteiger partial charge in [-0.25, -0.2) is 0 Å². The van der Waals surface area contributed by atoms with E-state index in [2.05, 4.69) is 0 Å². The second kappa shape index (κ2) is 7.02. The van der Waals surface area contributed by atoms with Gasteiger partial charge in [-0.1, -0.05) is 0 Å². The summed E-state index contributed by atoms with van der Waals surface area (Å²) in [7, 11) is 0. The van der Waals surface area contributed by atoms with Crippen molar-refractivity contribution in [2.45, 2.75) is 11.9 Å². The maximum Gasteiger partial charge on any atom is 0.280 e. The molecule has 1 unspecified atom stereocenters. The Morgan fingerprint density at radius 1 is 1.26 bits per heavy atom. The van der Waals surface area contributed by atoms with Crippen LogP contribution in [0.1, 0.15) is 5.56 Å². The van der Waals surface area contributed by atoms with Crippen LogP contribution in [0.25, 0.3) is 0 Å². The molecule has 8 nitrogen and oxygen atoms in total. The zero-order valence-corrected chi connectivity index (χ0v) is 10.6. The molecule has 0 bridgehead atoms. The van der Waals surface area contributed by atoms with Crippen LogP contribution in [0.15, 0.2) is 18.2 Å². The van der Waals surface area contributed by atoms with Gasteiger partial charge >= 0.3 is 0 Å². The number of nitro groups is 2. The standard InChI is InChI=1S/C10H12N2O6S/c13-4-9(14)6-19-5-7-1-2-8(11(15)16)3-10(7)12(17)18/h1-3,9,13-14H,4-6H2. The van der Waals surface area contributed by atoms with E-state index in [1.165, 1.54) is 23.9 Å². The average Bonchev–Trinajstić information content (AvgIpc) is 2.38. The third-order valence-corrected chi connectivity index (χ3v) is 3.39. The highest BCUT2D eigenvalue weighted by atomic mass is 32.2. The second-order valence-corrected chi connectivity index (χ2v) is 4.71. The summed E-state index contributed by atoms with van der Waals surface area (Å²) in [4.78, 5) is 20.0. The molecule has 0 heterocycles. The summed E-state index contributed by atoms with van der Waals surface area (Å²) in [5.41, 5.74) is -0.318. The smallest absolute Gasteiger partial charge is 0.280 e. The van der Waals surface area contributed by atoms with Crippen molar-refractivity contribution in [2.24, 2.45) is 0 Å². The lowest BCUT2D eigenvalue weighted by Gasteiger charge is -2.06. The second-order valence-electron chi connectivity index (χ2n) is 3.68. The highest BCUT2D eigenvalue weighted by Crippen LogP contribution is 2.27. The van der Waals surface area contributed by atoms with Crippen LogP contribution < -0.4 is 0 Å². The molecule has 1 aromatic carbocycles. The van der Waals surface area contributed by atoms with Crippen molar-refractivity contribution in [3.8, 4) is 0 Å². The quantitative estimate of drug-likeness (QED) is 0.567. The molecule has 0 fully saturated rings. The summed E-state index contributed by atoms with van der Waals surface area (Å²) in [5, 5.41) is 39.1. The van der Waals surface area contributed by atoms with Crippen LogP contribution in [0.5, 0.6) is 0 Å². The van der Waals surface area contributed by atoms with Gasteiger partial charge in [0.15, 0.2) is 0 Å². The fourth-order valence-corrected chi connectivity index (χ4v) is 2.27. The number of nitro benzene ring substituents is 2. The first-order chi connectivity index (χ1) is 8.95.